The van der Waals surface area contributed by atoms with E-state index in [0.29, 0.717) is 23.4 Å². The van der Waals surface area contributed by atoms with Gasteiger partial charge in [0.15, 0.2) is 0 Å². The molecule has 1 aromatic heterocycles. The zero-order chi connectivity index (χ0) is 16.4. The first-order valence-electron chi connectivity index (χ1n) is 8.06. The zero-order valence-corrected chi connectivity index (χ0v) is 13.4. The second-order valence-electron chi connectivity index (χ2n) is 7.61. The lowest BCUT2D eigenvalue weighted by Gasteiger charge is -2.56. The van der Waals surface area contributed by atoms with Crippen molar-refractivity contribution >= 4 is 12.2 Å². The Kier molecular flexibility index (Phi) is 3.19. The van der Waals surface area contributed by atoms with Crippen LogP contribution in [0.25, 0.3) is 0 Å². The number of alkyl halides is 3. The Labute approximate surface area is 137 Å². The summed E-state index contributed by atoms with van der Waals surface area (Å²) >= 11 is 5.07. The molecule has 1 aromatic rings. The number of rotatable bonds is 1. The van der Waals surface area contributed by atoms with Gasteiger partial charge >= 0.3 is 6.18 Å². The maximum absolute atomic E-state index is 13.4. The van der Waals surface area contributed by atoms with Crippen molar-refractivity contribution < 1.29 is 13.2 Å². The number of nitriles is 1. The lowest BCUT2D eigenvalue weighted by atomic mass is 9.48. The van der Waals surface area contributed by atoms with Crippen LogP contribution >= 0.6 is 12.2 Å². The van der Waals surface area contributed by atoms with Crippen molar-refractivity contribution in [3.05, 3.63) is 27.5 Å². The van der Waals surface area contributed by atoms with Gasteiger partial charge in [0, 0.05) is 11.1 Å². The number of aromatic amines is 1. The summed E-state index contributed by atoms with van der Waals surface area (Å²) in [6, 6.07) is 2.78. The highest BCUT2D eigenvalue weighted by Gasteiger charge is 2.52. The quantitative estimate of drug-likeness (QED) is 0.723. The number of hydrogen-bond acceptors (Lipinski definition) is 2. The van der Waals surface area contributed by atoms with Crippen molar-refractivity contribution in [2.75, 3.05) is 0 Å². The monoisotopic (exact) mass is 338 g/mol. The van der Waals surface area contributed by atoms with Crippen LogP contribution in [0, 0.1) is 33.7 Å². The van der Waals surface area contributed by atoms with Crippen LogP contribution in [-0.4, -0.2) is 4.98 Å². The highest BCUT2D eigenvalue weighted by Crippen LogP contribution is 2.60. The van der Waals surface area contributed by atoms with Crippen LogP contribution in [0.4, 0.5) is 13.2 Å². The van der Waals surface area contributed by atoms with Crippen LogP contribution in [0.1, 0.15) is 55.3 Å². The fourth-order valence-electron chi connectivity index (χ4n) is 5.62. The van der Waals surface area contributed by atoms with E-state index in [1.54, 1.807) is 6.07 Å². The second-order valence-corrected chi connectivity index (χ2v) is 8.02. The van der Waals surface area contributed by atoms with E-state index in [-0.39, 0.29) is 10.1 Å². The van der Waals surface area contributed by atoms with Gasteiger partial charge in [0.05, 0.1) is 11.1 Å². The van der Waals surface area contributed by atoms with E-state index in [4.69, 9.17) is 17.5 Å². The molecule has 0 unspecified atom stereocenters. The number of halogens is 3. The summed E-state index contributed by atoms with van der Waals surface area (Å²) in [6.07, 6.45) is 1.98. The molecule has 1 N–H and O–H groups in total. The molecule has 0 atom stereocenters. The average molecular weight is 338 g/mol. The van der Waals surface area contributed by atoms with E-state index < -0.39 is 17.3 Å². The number of aromatic nitrogens is 1. The van der Waals surface area contributed by atoms with Gasteiger partial charge in [-0.25, -0.2) is 0 Å². The Morgan fingerprint density at radius 2 is 1.65 bits per heavy atom. The fourth-order valence-corrected chi connectivity index (χ4v) is 5.89. The van der Waals surface area contributed by atoms with Gasteiger partial charge in [0.25, 0.3) is 0 Å². The molecule has 122 valence electrons. The van der Waals surface area contributed by atoms with Gasteiger partial charge in [0.1, 0.15) is 10.7 Å². The van der Waals surface area contributed by atoms with E-state index in [1.165, 1.54) is 25.3 Å². The molecule has 0 radical (unpaired) electrons. The molecule has 23 heavy (non-hydrogen) atoms. The van der Waals surface area contributed by atoms with E-state index in [2.05, 4.69) is 4.98 Å². The standard InChI is InChI=1S/C17H17F3N2S/c18-17(19,20)13-4-14(22-15(23)12(13)8-21)16-5-9-1-10(6-16)3-11(2-9)7-16/h4,9-11H,1-3,5-7H2,(H,22,23). The summed E-state index contributed by atoms with van der Waals surface area (Å²) in [4.78, 5) is 2.99. The van der Waals surface area contributed by atoms with Gasteiger partial charge in [-0.15, -0.1) is 0 Å². The number of nitrogens with one attached hydrogen (secondary N) is 1. The van der Waals surface area contributed by atoms with Crippen molar-refractivity contribution in [1.82, 2.24) is 4.98 Å². The summed E-state index contributed by atoms with van der Waals surface area (Å²) in [5.74, 6) is 1.90. The average Bonchev–Trinajstić information content (AvgIpc) is 2.44. The molecule has 1 heterocycles. The molecular formula is C17H17F3N2S. The summed E-state index contributed by atoms with van der Waals surface area (Å²) in [7, 11) is 0. The number of hydrogen-bond donors (Lipinski definition) is 1. The molecule has 6 heteroatoms. The van der Waals surface area contributed by atoms with Crippen molar-refractivity contribution in [2.45, 2.75) is 50.1 Å². The molecule has 4 saturated carbocycles. The van der Waals surface area contributed by atoms with Gasteiger partial charge in [-0.3, -0.25) is 0 Å². The summed E-state index contributed by atoms with van der Waals surface area (Å²) < 4.78 is 40.0. The first-order chi connectivity index (χ1) is 10.8. The van der Waals surface area contributed by atoms with Crippen LogP contribution in [0.5, 0.6) is 0 Å². The van der Waals surface area contributed by atoms with Crippen LogP contribution in [0.2, 0.25) is 0 Å². The summed E-state index contributed by atoms with van der Waals surface area (Å²) in [6.45, 7) is 0. The number of nitrogens with zero attached hydrogens (tertiary/aromatic N) is 1. The topological polar surface area (TPSA) is 39.6 Å². The Morgan fingerprint density at radius 3 is 2.09 bits per heavy atom. The molecule has 0 saturated heterocycles. The molecule has 4 aliphatic carbocycles. The normalized spacial score (nSPS) is 35.3. The van der Waals surface area contributed by atoms with Gasteiger partial charge in [-0.1, -0.05) is 12.2 Å². The van der Waals surface area contributed by atoms with Gasteiger partial charge < -0.3 is 4.98 Å². The highest BCUT2D eigenvalue weighted by molar-refractivity contribution is 7.71. The number of pyridine rings is 1. The second kappa shape index (κ2) is 4.83. The third kappa shape index (κ3) is 2.32. The lowest BCUT2D eigenvalue weighted by molar-refractivity contribution is -0.138. The van der Waals surface area contributed by atoms with E-state index in [0.717, 1.165) is 19.3 Å². The molecule has 4 aliphatic rings. The molecule has 4 bridgehead atoms. The molecule has 5 rings (SSSR count). The lowest BCUT2D eigenvalue weighted by Crippen LogP contribution is -2.49. The molecular weight excluding hydrogens is 321 g/mol. The molecule has 4 fully saturated rings. The first kappa shape index (κ1) is 15.2. The van der Waals surface area contributed by atoms with Crippen LogP contribution < -0.4 is 0 Å². The van der Waals surface area contributed by atoms with Crippen LogP contribution in [0.3, 0.4) is 0 Å². The van der Waals surface area contributed by atoms with Gasteiger partial charge in [-0.2, -0.15) is 18.4 Å². The molecule has 0 spiro atoms. The Morgan fingerprint density at radius 1 is 1.13 bits per heavy atom. The third-order valence-corrected chi connectivity index (χ3v) is 6.37. The molecule has 0 amide bonds. The number of H-pyrrole nitrogens is 1. The molecule has 0 aliphatic heterocycles. The first-order valence-corrected chi connectivity index (χ1v) is 8.47. The predicted octanol–water partition coefficient (Wildman–Crippen LogP) is 5.10. The van der Waals surface area contributed by atoms with Crippen LogP contribution in [0.15, 0.2) is 6.07 Å². The Hall–Kier alpha value is -1.35. The highest BCUT2D eigenvalue weighted by atomic mass is 32.1. The minimum Gasteiger partial charge on any atom is -0.348 e. The van der Waals surface area contributed by atoms with E-state index in [9.17, 15) is 13.2 Å². The Balaban J connectivity index is 1.86. The third-order valence-electron chi connectivity index (χ3n) is 6.06. The smallest absolute Gasteiger partial charge is 0.348 e. The SMILES string of the molecule is N#Cc1c(C(F)(F)F)cc(C23CC4CC(CC(C4)C2)C3)[nH]c1=S. The maximum Gasteiger partial charge on any atom is 0.417 e. The molecule has 0 aromatic carbocycles. The summed E-state index contributed by atoms with van der Waals surface area (Å²) in [5.41, 5.74) is -0.931. The minimum atomic E-state index is -4.55. The van der Waals surface area contributed by atoms with E-state index >= 15 is 0 Å². The fraction of sp³-hybridized carbons (Fsp3) is 0.647. The Bertz CT molecular complexity index is 721. The molecule has 2 nitrogen and oxygen atoms in total. The van der Waals surface area contributed by atoms with Gasteiger partial charge in [0.2, 0.25) is 0 Å². The van der Waals surface area contributed by atoms with Crippen molar-refractivity contribution in [3.8, 4) is 6.07 Å². The maximum atomic E-state index is 13.4. The zero-order valence-electron chi connectivity index (χ0n) is 12.5. The summed E-state index contributed by atoms with van der Waals surface area (Å²) in [5, 5.41) is 9.05. The predicted molar refractivity (Wildman–Crippen MR) is 81.2 cm³/mol. The van der Waals surface area contributed by atoms with Crippen molar-refractivity contribution in [1.29, 1.82) is 5.26 Å². The van der Waals surface area contributed by atoms with Crippen molar-refractivity contribution in [3.63, 3.8) is 0 Å². The largest absolute Gasteiger partial charge is 0.417 e. The van der Waals surface area contributed by atoms with Gasteiger partial charge in [-0.05, 0) is 62.3 Å². The van der Waals surface area contributed by atoms with Crippen molar-refractivity contribution in [2.24, 2.45) is 17.8 Å². The minimum absolute atomic E-state index is 0.0759. The van der Waals surface area contributed by atoms with E-state index in [1.807, 2.05) is 0 Å². The van der Waals surface area contributed by atoms with Crippen LogP contribution in [-0.2, 0) is 11.6 Å².